The van der Waals surface area contributed by atoms with E-state index in [0.29, 0.717) is 6.42 Å². The topological polar surface area (TPSA) is 43.1 Å². The first-order valence-corrected chi connectivity index (χ1v) is 5.97. The van der Waals surface area contributed by atoms with Crippen LogP contribution < -0.4 is 5.73 Å². The second kappa shape index (κ2) is 6.44. The summed E-state index contributed by atoms with van der Waals surface area (Å²) in [6.45, 7) is 4.14. The Balaban J connectivity index is 2.50. The van der Waals surface area contributed by atoms with E-state index >= 15 is 0 Å². The maximum absolute atomic E-state index is 11.8. The Morgan fingerprint density at radius 2 is 2.19 bits per heavy atom. The second-order valence-electron chi connectivity index (χ2n) is 4.38. The third kappa shape index (κ3) is 4.15. The lowest BCUT2D eigenvalue weighted by atomic mass is 9.99. The van der Waals surface area contributed by atoms with Crippen molar-refractivity contribution in [2.75, 3.05) is 0 Å². The molecule has 0 bridgehead atoms. The first kappa shape index (κ1) is 12.9. The number of unbranched alkanes of at least 4 members (excludes halogenated alkanes) is 1. The highest BCUT2D eigenvalue weighted by atomic mass is 16.1. The van der Waals surface area contributed by atoms with Crippen LogP contribution in [0.4, 0.5) is 0 Å². The summed E-state index contributed by atoms with van der Waals surface area (Å²) < 4.78 is 0. The molecule has 0 aliphatic heterocycles. The van der Waals surface area contributed by atoms with Gasteiger partial charge < -0.3 is 5.73 Å². The molecule has 0 saturated carbocycles. The van der Waals surface area contributed by atoms with E-state index in [0.717, 1.165) is 24.8 Å². The molecule has 0 aromatic heterocycles. The van der Waals surface area contributed by atoms with Gasteiger partial charge in [0, 0.05) is 6.42 Å². The van der Waals surface area contributed by atoms with Gasteiger partial charge in [-0.25, -0.2) is 0 Å². The summed E-state index contributed by atoms with van der Waals surface area (Å²) in [5.74, 6) is 0.152. The van der Waals surface area contributed by atoms with Gasteiger partial charge in [-0.05, 0) is 18.9 Å². The van der Waals surface area contributed by atoms with Gasteiger partial charge in [-0.3, -0.25) is 4.79 Å². The van der Waals surface area contributed by atoms with Crippen molar-refractivity contribution < 1.29 is 4.79 Å². The van der Waals surface area contributed by atoms with Crippen LogP contribution in [0.2, 0.25) is 0 Å². The van der Waals surface area contributed by atoms with Crippen LogP contribution in [0.15, 0.2) is 24.3 Å². The Hall–Kier alpha value is -1.15. The van der Waals surface area contributed by atoms with E-state index in [1.165, 1.54) is 5.56 Å². The molecule has 0 amide bonds. The van der Waals surface area contributed by atoms with Crippen molar-refractivity contribution in [3.8, 4) is 0 Å². The van der Waals surface area contributed by atoms with Crippen molar-refractivity contribution in [3.63, 3.8) is 0 Å². The van der Waals surface area contributed by atoms with Crippen molar-refractivity contribution in [3.05, 3.63) is 35.4 Å². The Bertz CT molecular complexity index is 346. The van der Waals surface area contributed by atoms with E-state index in [2.05, 4.69) is 6.92 Å². The van der Waals surface area contributed by atoms with Crippen molar-refractivity contribution >= 4 is 5.78 Å². The number of nitrogens with two attached hydrogens (primary N) is 1. The van der Waals surface area contributed by atoms with E-state index in [1.807, 2.05) is 31.2 Å². The number of carbonyl (C=O) groups excluding carboxylic acids is 1. The molecular weight excluding hydrogens is 198 g/mol. The minimum atomic E-state index is -0.291. The van der Waals surface area contributed by atoms with Crippen LogP contribution in [0.3, 0.4) is 0 Å². The molecule has 2 heteroatoms. The third-order valence-electron chi connectivity index (χ3n) is 2.74. The number of hydrogen-bond donors (Lipinski definition) is 1. The lowest BCUT2D eigenvalue weighted by Crippen LogP contribution is -2.31. The van der Waals surface area contributed by atoms with Gasteiger partial charge in [0.15, 0.2) is 5.78 Å². The summed E-state index contributed by atoms with van der Waals surface area (Å²) in [6.07, 6.45) is 3.39. The lowest BCUT2D eigenvalue weighted by molar-refractivity contribution is -0.119. The maximum Gasteiger partial charge on any atom is 0.153 e. The predicted octanol–water partition coefficient (Wildman–Crippen LogP) is 2.62. The normalized spacial score (nSPS) is 12.4. The molecule has 1 aromatic carbocycles. The van der Waals surface area contributed by atoms with E-state index in [4.69, 9.17) is 5.73 Å². The van der Waals surface area contributed by atoms with E-state index in [1.54, 1.807) is 0 Å². The van der Waals surface area contributed by atoms with Gasteiger partial charge in [-0.1, -0.05) is 49.6 Å². The van der Waals surface area contributed by atoms with Crippen LogP contribution in [-0.2, 0) is 11.2 Å². The number of carbonyl (C=O) groups is 1. The monoisotopic (exact) mass is 219 g/mol. The SMILES string of the molecule is CCCCC(N)C(=O)Cc1cccc(C)c1. The second-order valence-corrected chi connectivity index (χ2v) is 4.38. The zero-order valence-corrected chi connectivity index (χ0v) is 10.2. The summed E-state index contributed by atoms with van der Waals surface area (Å²) >= 11 is 0. The predicted molar refractivity (Wildman–Crippen MR) is 67.4 cm³/mol. The molecule has 1 unspecified atom stereocenters. The van der Waals surface area contributed by atoms with E-state index < -0.39 is 0 Å². The van der Waals surface area contributed by atoms with Gasteiger partial charge in [0.2, 0.25) is 0 Å². The Labute approximate surface area is 97.9 Å². The first-order chi connectivity index (χ1) is 7.63. The molecule has 2 nitrogen and oxygen atoms in total. The summed E-state index contributed by atoms with van der Waals surface area (Å²) in [6, 6.07) is 7.75. The fraction of sp³-hybridized carbons (Fsp3) is 0.500. The molecule has 0 aliphatic carbocycles. The van der Waals surface area contributed by atoms with Gasteiger partial charge in [0.1, 0.15) is 0 Å². The molecule has 0 spiro atoms. The number of hydrogen-bond acceptors (Lipinski definition) is 2. The molecule has 1 aromatic rings. The maximum atomic E-state index is 11.8. The van der Waals surface area contributed by atoms with Gasteiger partial charge in [-0.2, -0.15) is 0 Å². The summed E-state index contributed by atoms with van der Waals surface area (Å²) in [7, 11) is 0. The molecule has 16 heavy (non-hydrogen) atoms. The average molecular weight is 219 g/mol. The molecule has 0 radical (unpaired) electrons. The molecular formula is C14H21NO. The average Bonchev–Trinajstić information content (AvgIpc) is 2.25. The molecule has 0 aliphatic rings. The number of Topliss-reactive ketones (excluding diaryl/α,β-unsaturated/α-hetero) is 1. The minimum Gasteiger partial charge on any atom is -0.321 e. The standard InChI is InChI=1S/C14H21NO/c1-3-4-8-13(15)14(16)10-12-7-5-6-11(2)9-12/h5-7,9,13H,3-4,8,10,15H2,1-2H3. The van der Waals surface area contributed by atoms with Gasteiger partial charge in [0.25, 0.3) is 0 Å². The number of benzene rings is 1. The Morgan fingerprint density at radius 3 is 2.81 bits per heavy atom. The van der Waals surface area contributed by atoms with Crippen LogP contribution in [0.25, 0.3) is 0 Å². The van der Waals surface area contributed by atoms with Crippen molar-refractivity contribution in [1.82, 2.24) is 0 Å². The fourth-order valence-corrected chi connectivity index (χ4v) is 1.74. The quantitative estimate of drug-likeness (QED) is 0.799. The van der Waals surface area contributed by atoms with Crippen LogP contribution in [0.5, 0.6) is 0 Å². The molecule has 88 valence electrons. The lowest BCUT2D eigenvalue weighted by Gasteiger charge is -2.10. The van der Waals surface area contributed by atoms with Crippen LogP contribution in [0.1, 0.15) is 37.3 Å². The molecule has 0 saturated heterocycles. The number of rotatable bonds is 6. The highest BCUT2D eigenvalue weighted by Gasteiger charge is 2.13. The van der Waals surface area contributed by atoms with E-state index in [9.17, 15) is 4.79 Å². The highest BCUT2D eigenvalue weighted by Crippen LogP contribution is 2.08. The van der Waals surface area contributed by atoms with Crippen LogP contribution in [0, 0.1) is 6.92 Å². The minimum absolute atomic E-state index is 0.152. The van der Waals surface area contributed by atoms with Gasteiger partial charge >= 0.3 is 0 Å². The highest BCUT2D eigenvalue weighted by molar-refractivity contribution is 5.85. The Morgan fingerprint density at radius 1 is 1.44 bits per heavy atom. The zero-order valence-electron chi connectivity index (χ0n) is 10.2. The molecule has 1 atom stereocenters. The summed E-state index contributed by atoms with van der Waals surface area (Å²) in [5, 5.41) is 0. The van der Waals surface area contributed by atoms with Crippen LogP contribution in [-0.4, -0.2) is 11.8 Å². The number of aryl methyl sites for hydroxylation is 1. The van der Waals surface area contributed by atoms with Crippen molar-refractivity contribution in [2.24, 2.45) is 5.73 Å². The number of ketones is 1. The van der Waals surface area contributed by atoms with Gasteiger partial charge in [0.05, 0.1) is 6.04 Å². The van der Waals surface area contributed by atoms with Crippen molar-refractivity contribution in [1.29, 1.82) is 0 Å². The van der Waals surface area contributed by atoms with Gasteiger partial charge in [-0.15, -0.1) is 0 Å². The largest absolute Gasteiger partial charge is 0.321 e. The third-order valence-corrected chi connectivity index (χ3v) is 2.74. The molecule has 0 heterocycles. The smallest absolute Gasteiger partial charge is 0.153 e. The summed E-state index contributed by atoms with van der Waals surface area (Å²) in [4.78, 5) is 11.8. The molecule has 1 rings (SSSR count). The fourth-order valence-electron chi connectivity index (χ4n) is 1.74. The summed E-state index contributed by atoms with van der Waals surface area (Å²) in [5.41, 5.74) is 8.09. The first-order valence-electron chi connectivity index (χ1n) is 5.97. The molecule has 0 fully saturated rings. The zero-order chi connectivity index (χ0) is 12.0. The van der Waals surface area contributed by atoms with Crippen LogP contribution >= 0.6 is 0 Å². The Kier molecular flexibility index (Phi) is 5.20. The van der Waals surface area contributed by atoms with Crippen molar-refractivity contribution in [2.45, 2.75) is 45.6 Å². The van der Waals surface area contributed by atoms with E-state index in [-0.39, 0.29) is 11.8 Å². The molecule has 2 N–H and O–H groups in total.